The Hall–Kier alpha value is -1.44. The number of hydrogen-bond acceptors (Lipinski definition) is 5. The number of nitrogens with two attached hydrogens (primary N) is 1. The van der Waals surface area contributed by atoms with Gasteiger partial charge in [0.25, 0.3) is 5.91 Å². The van der Waals surface area contributed by atoms with Crippen molar-refractivity contribution in [3.63, 3.8) is 0 Å². The Bertz CT molecular complexity index is 658. The molecule has 1 aliphatic rings. The number of piperidine rings is 1. The third kappa shape index (κ3) is 4.15. The molecule has 0 aliphatic carbocycles. The molecule has 0 unspecified atom stereocenters. The summed E-state index contributed by atoms with van der Waals surface area (Å²) in [6, 6.07) is 6.17. The Kier molecular flexibility index (Phi) is 6.37. The number of sulfone groups is 1. The van der Waals surface area contributed by atoms with E-state index in [-0.39, 0.29) is 29.2 Å². The molecular formula is C17H26N2O4S. The summed E-state index contributed by atoms with van der Waals surface area (Å²) in [5.41, 5.74) is 6.34. The minimum atomic E-state index is -3.38. The predicted octanol–water partition coefficient (Wildman–Crippen LogP) is 1.31. The van der Waals surface area contributed by atoms with E-state index in [0.29, 0.717) is 24.6 Å². The molecule has 0 saturated carbocycles. The molecule has 1 aliphatic heterocycles. The number of benzene rings is 1. The van der Waals surface area contributed by atoms with Crippen LogP contribution in [0.1, 0.15) is 30.1 Å². The quantitative estimate of drug-likeness (QED) is 0.832. The molecular weight excluding hydrogens is 328 g/mol. The largest absolute Gasteiger partial charge is 0.384 e. The van der Waals surface area contributed by atoms with Crippen LogP contribution in [0.3, 0.4) is 0 Å². The molecule has 1 aromatic carbocycles. The summed E-state index contributed by atoms with van der Waals surface area (Å²) < 4.78 is 29.1. The van der Waals surface area contributed by atoms with Crippen LogP contribution >= 0.6 is 0 Å². The normalized spacial score (nSPS) is 21.7. The molecule has 0 bridgehead atoms. The molecule has 0 aromatic heterocycles. The Morgan fingerprint density at radius 3 is 2.58 bits per heavy atom. The van der Waals surface area contributed by atoms with Gasteiger partial charge in [-0.1, -0.05) is 6.92 Å². The second-order valence-corrected chi connectivity index (χ2v) is 8.37. The van der Waals surface area contributed by atoms with E-state index in [9.17, 15) is 13.2 Å². The van der Waals surface area contributed by atoms with Gasteiger partial charge in [-0.2, -0.15) is 0 Å². The maximum absolute atomic E-state index is 12.7. The molecule has 1 aromatic rings. The minimum absolute atomic E-state index is 0.0383. The topological polar surface area (TPSA) is 89.7 Å². The van der Waals surface area contributed by atoms with E-state index in [1.54, 1.807) is 12.1 Å². The van der Waals surface area contributed by atoms with E-state index < -0.39 is 9.84 Å². The van der Waals surface area contributed by atoms with Crippen molar-refractivity contribution < 1.29 is 17.9 Å². The van der Waals surface area contributed by atoms with Crippen LogP contribution in [0.2, 0.25) is 0 Å². The highest BCUT2D eigenvalue weighted by Gasteiger charge is 2.31. The third-order valence-corrected chi connectivity index (χ3v) is 6.33. The van der Waals surface area contributed by atoms with Gasteiger partial charge in [0.05, 0.1) is 17.3 Å². The summed E-state index contributed by atoms with van der Waals surface area (Å²) in [6.45, 7) is 3.39. The van der Waals surface area contributed by atoms with Gasteiger partial charge in [0.15, 0.2) is 9.84 Å². The number of amides is 1. The lowest BCUT2D eigenvalue weighted by Crippen LogP contribution is -2.51. The first-order valence-corrected chi connectivity index (χ1v) is 9.88. The van der Waals surface area contributed by atoms with Gasteiger partial charge in [-0.3, -0.25) is 4.79 Å². The lowest BCUT2D eigenvalue weighted by atomic mass is 9.90. The average molecular weight is 354 g/mol. The van der Waals surface area contributed by atoms with Crippen molar-refractivity contribution in [1.82, 2.24) is 4.90 Å². The number of carbonyl (C=O) groups is 1. The van der Waals surface area contributed by atoms with Gasteiger partial charge in [0.1, 0.15) is 0 Å². The van der Waals surface area contributed by atoms with Gasteiger partial charge in [-0.15, -0.1) is 0 Å². The standard InChI is InChI=1S/C17H26N2O4S/c1-13-4-3-9-19(16(13)12-18)17(20)14-5-7-15(8-6-14)24(21,22)11-10-23-2/h5-8,13,16H,3-4,9-12,18H2,1-2H3/t13-,16-/m0/s1. The molecule has 2 N–H and O–H groups in total. The lowest BCUT2D eigenvalue weighted by Gasteiger charge is -2.39. The number of nitrogens with zero attached hydrogens (tertiary/aromatic N) is 1. The van der Waals surface area contributed by atoms with E-state index in [1.807, 2.05) is 4.90 Å². The van der Waals surface area contributed by atoms with Crippen LogP contribution in [0.15, 0.2) is 29.2 Å². The number of methoxy groups -OCH3 is 1. The van der Waals surface area contributed by atoms with Crippen LogP contribution in [0.25, 0.3) is 0 Å². The van der Waals surface area contributed by atoms with E-state index >= 15 is 0 Å². The second-order valence-electron chi connectivity index (χ2n) is 6.26. The van der Waals surface area contributed by atoms with Crippen LogP contribution < -0.4 is 5.73 Å². The first-order valence-electron chi connectivity index (χ1n) is 8.23. The van der Waals surface area contributed by atoms with Crippen molar-refractivity contribution in [2.75, 3.05) is 32.6 Å². The molecule has 0 spiro atoms. The Morgan fingerprint density at radius 1 is 1.33 bits per heavy atom. The molecule has 1 saturated heterocycles. The van der Waals surface area contributed by atoms with Gasteiger partial charge in [0, 0.05) is 31.8 Å². The van der Waals surface area contributed by atoms with Gasteiger partial charge < -0.3 is 15.4 Å². The molecule has 0 radical (unpaired) electrons. The Labute approximate surface area is 143 Å². The first-order chi connectivity index (χ1) is 11.4. The Balaban J connectivity index is 2.16. The van der Waals surface area contributed by atoms with Crippen LogP contribution in [-0.2, 0) is 14.6 Å². The molecule has 1 amide bonds. The maximum atomic E-state index is 12.7. The van der Waals surface area contributed by atoms with E-state index in [0.717, 1.165) is 12.8 Å². The van der Waals surface area contributed by atoms with E-state index in [2.05, 4.69) is 6.92 Å². The Morgan fingerprint density at radius 2 is 2.00 bits per heavy atom. The highest BCUT2D eigenvalue weighted by Crippen LogP contribution is 2.24. The van der Waals surface area contributed by atoms with Crippen molar-refractivity contribution in [3.05, 3.63) is 29.8 Å². The fourth-order valence-corrected chi connectivity index (χ4v) is 4.31. The van der Waals surface area contributed by atoms with Crippen LogP contribution in [-0.4, -0.2) is 57.8 Å². The van der Waals surface area contributed by atoms with E-state index in [4.69, 9.17) is 10.5 Å². The highest BCUT2D eigenvalue weighted by atomic mass is 32.2. The smallest absolute Gasteiger partial charge is 0.254 e. The maximum Gasteiger partial charge on any atom is 0.254 e. The lowest BCUT2D eigenvalue weighted by molar-refractivity contribution is 0.0532. The number of hydrogen-bond donors (Lipinski definition) is 1. The minimum Gasteiger partial charge on any atom is -0.384 e. The number of likely N-dealkylation sites (tertiary alicyclic amines) is 1. The molecule has 7 heteroatoms. The number of ether oxygens (including phenoxy) is 1. The molecule has 2 rings (SSSR count). The van der Waals surface area contributed by atoms with Crippen LogP contribution in [0, 0.1) is 5.92 Å². The number of rotatable bonds is 6. The first kappa shape index (κ1) is 18.9. The summed E-state index contributed by atoms with van der Waals surface area (Å²) in [6.07, 6.45) is 2.04. The zero-order chi connectivity index (χ0) is 17.7. The molecule has 2 atom stereocenters. The summed E-state index contributed by atoms with van der Waals surface area (Å²) >= 11 is 0. The second kappa shape index (κ2) is 8.09. The fourth-order valence-electron chi connectivity index (χ4n) is 3.14. The number of carbonyl (C=O) groups excluding carboxylic acids is 1. The zero-order valence-electron chi connectivity index (χ0n) is 14.3. The van der Waals surface area contributed by atoms with Crippen molar-refractivity contribution in [3.8, 4) is 0 Å². The third-order valence-electron chi connectivity index (χ3n) is 4.63. The average Bonchev–Trinajstić information content (AvgIpc) is 2.59. The summed E-state index contributed by atoms with van der Waals surface area (Å²) in [5, 5.41) is 0. The van der Waals surface area contributed by atoms with Crippen molar-refractivity contribution in [2.24, 2.45) is 11.7 Å². The van der Waals surface area contributed by atoms with Gasteiger partial charge in [-0.05, 0) is 43.0 Å². The monoisotopic (exact) mass is 354 g/mol. The van der Waals surface area contributed by atoms with Crippen molar-refractivity contribution in [1.29, 1.82) is 0 Å². The van der Waals surface area contributed by atoms with Crippen molar-refractivity contribution >= 4 is 15.7 Å². The molecule has 24 heavy (non-hydrogen) atoms. The molecule has 1 fully saturated rings. The summed E-state index contributed by atoms with van der Waals surface area (Å²) in [4.78, 5) is 14.8. The molecule has 1 heterocycles. The predicted molar refractivity (Wildman–Crippen MR) is 92.6 cm³/mol. The van der Waals surface area contributed by atoms with Crippen molar-refractivity contribution in [2.45, 2.75) is 30.7 Å². The van der Waals surface area contributed by atoms with Gasteiger partial charge in [0.2, 0.25) is 0 Å². The zero-order valence-corrected chi connectivity index (χ0v) is 15.1. The van der Waals surface area contributed by atoms with E-state index in [1.165, 1.54) is 19.2 Å². The SMILES string of the molecule is COCCS(=O)(=O)c1ccc(C(=O)N2CCC[C@H](C)[C@@H]2CN)cc1. The van der Waals surface area contributed by atoms with Gasteiger partial charge >= 0.3 is 0 Å². The van der Waals surface area contributed by atoms with Crippen LogP contribution in [0.5, 0.6) is 0 Å². The van der Waals surface area contributed by atoms with Gasteiger partial charge in [-0.25, -0.2) is 8.42 Å². The fraction of sp³-hybridized carbons (Fsp3) is 0.588. The molecule has 6 nitrogen and oxygen atoms in total. The summed E-state index contributed by atoms with van der Waals surface area (Å²) in [5.74, 6) is 0.217. The summed E-state index contributed by atoms with van der Waals surface area (Å²) in [7, 11) is -1.92. The highest BCUT2D eigenvalue weighted by molar-refractivity contribution is 7.91. The van der Waals surface area contributed by atoms with Crippen LogP contribution in [0.4, 0.5) is 0 Å². The molecule has 134 valence electrons.